The number of aromatic nitrogens is 4. The summed E-state index contributed by atoms with van der Waals surface area (Å²) in [6, 6.07) is 9.53. The van der Waals surface area contributed by atoms with Gasteiger partial charge in [-0.1, -0.05) is 12.1 Å². The summed E-state index contributed by atoms with van der Waals surface area (Å²) in [5.41, 5.74) is 9.30. The first-order chi connectivity index (χ1) is 10.6. The Morgan fingerprint density at radius 3 is 2.55 bits per heavy atom. The second kappa shape index (κ2) is 5.95. The number of benzene rings is 1. The van der Waals surface area contributed by atoms with Crippen molar-refractivity contribution in [3.8, 4) is 11.3 Å². The number of nitrogens with two attached hydrogens (primary N) is 1. The minimum Gasteiger partial charge on any atom is -0.368 e. The molecule has 0 bridgehead atoms. The monoisotopic (exact) mass is 312 g/mol. The summed E-state index contributed by atoms with van der Waals surface area (Å²) in [7, 11) is 0. The molecule has 0 spiro atoms. The van der Waals surface area contributed by atoms with Crippen LogP contribution < -0.4 is 11.1 Å². The zero-order valence-corrected chi connectivity index (χ0v) is 12.5. The van der Waals surface area contributed by atoms with Crippen molar-refractivity contribution < 1.29 is 0 Å². The van der Waals surface area contributed by atoms with Crippen LogP contribution >= 0.6 is 11.6 Å². The molecule has 0 aliphatic rings. The van der Waals surface area contributed by atoms with Crippen LogP contribution in [0.4, 0.5) is 17.5 Å². The number of nitrogens with zero attached hydrogens (tertiary/aromatic N) is 4. The predicted molar refractivity (Wildman–Crippen MR) is 86.9 cm³/mol. The molecule has 0 fully saturated rings. The summed E-state index contributed by atoms with van der Waals surface area (Å²) in [4.78, 5) is 16.2. The third-order valence-electron chi connectivity index (χ3n) is 3.05. The Bertz CT molecular complexity index is 803. The van der Waals surface area contributed by atoms with Crippen molar-refractivity contribution >= 4 is 29.1 Å². The number of aryl methyl sites for hydroxylation is 1. The molecule has 0 unspecified atom stereocenters. The van der Waals surface area contributed by atoms with Gasteiger partial charge < -0.3 is 11.1 Å². The van der Waals surface area contributed by atoms with Crippen molar-refractivity contribution in [1.29, 1.82) is 0 Å². The van der Waals surface area contributed by atoms with Crippen LogP contribution in [0.15, 0.2) is 42.7 Å². The van der Waals surface area contributed by atoms with Gasteiger partial charge in [-0.25, -0.2) is 19.9 Å². The molecular weight excluding hydrogens is 300 g/mol. The molecule has 3 rings (SSSR count). The third kappa shape index (κ3) is 3.12. The largest absolute Gasteiger partial charge is 0.368 e. The maximum Gasteiger partial charge on any atom is 0.224 e. The normalized spacial score (nSPS) is 10.5. The number of hydrogen-bond acceptors (Lipinski definition) is 6. The van der Waals surface area contributed by atoms with Crippen LogP contribution in [-0.2, 0) is 0 Å². The third-order valence-corrected chi connectivity index (χ3v) is 3.23. The van der Waals surface area contributed by atoms with Crippen molar-refractivity contribution in [3.05, 3.63) is 53.6 Å². The molecule has 22 heavy (non-hydrogen) atoms. The van der Waals surface area contributed by atoms with Crippen molar-refractivity contribution in [2.24, 2.45) is 0 Å². The lowest BCUT2D eigenvalue weighted by Crippen LogP contribution is -1.98. The maximum atomic E-state index is 5.76. The van der Waals surface area contributed by atoms with Crippen LogP contribution in [0.2, 0.25) is 5.28 Å². The molecule has 1 aromatic carbocycles. The van der Waals surface area contributed by atoms with Gasteiger partial charge in [0.05, 0.1) is 5.69 Å². The summed E-state index contributed by atoms with van der Waals surface area (Å²) in [6.45, 7) is 1.95. The number of hydrogen-bond donors (Lipinski definition) is 2. The molecule has 0 radical (unpaired) electrons. The summed E-state index contributed by atoms with van der Waals surface area (Å²) in [6.07, 6.45) is 3.31. The molecule has 0 atom stereocenters. The van der Waals surface area contributed by atoms with Crippen LogP contribution in [0.1, 0.15) is 5.56 Å². The fourth-order valence-electron chi connectivity index (χ4n) is 2.01. The van der Waals surface area contributed by atoms with Crippen molar-refractivity contribution in [2.45, 2.75) is 6.92 Å². The van der Waals surface area contributed by atoms with E-state index in [1.54, 1.807) is 18.5 Å². The highest BCUT2D eigenvalue weighted by Gasteiger charge is 2.05. The topological polar surface area (TPSA) is 89.6 Å². The van der Waals surface area contributed by atoms with Crippen LogP contribution in [0.5, 0.6) is 0 Å². The summed E-state index contributed by atoms with van der Waals surface area (Å²) >= 11 is 5.76. The van der Waals surface area contributed by atoms with E-state index in [1.807, 2.05) is 31.2 Å². The average molecular weight is 313 g/mol. The van der Waals surface area contributed by atoms with Gasteiger partial charge in [0.2, 0.25) is 11.2 Å². The SMILES string of the molecule is Cc1cnc(N)nc1-c1ccc(Nc2ccnc(Cl)n2)cc1. The molecule has 2 aromatic heterocycles. The summed E-state index contributed by atoms with van der Waals surface area (Å²) in [5, 5.41) is 3.36. The molecule has 3 aromatic rings. The Labute approximate surface area is 132 Å². The Hall–Kier alpha value is -2.73. The lowest BCUT2D eigenvalue weighted by Gasteiger charge is -2.08. The highest BCUT2D eigenvalue weighted by atomic mass is 35.5. The molecule has 0 amide bonds. The van der Waals surface area contributed by atoms with Gasteiger partial charge >= 0.3 is 0 Å². The fraction of sp³-hybridized carbons (Fsp3) is 0.0667. The van der Waals surface area contributed by atoms with Crippen molar-refractivity contribution in [1.82, 2.24) is 19.9 Å². The zero-order chi connectivity index (χ0) is 15.5. The minimum atomic E-state index is 0.203. The summed E-state index contributed by atoms with van der Waals surface area (Å²) < 4.78 is 0. The van der Waals surface area contributed by atoms with E-state index < -0.39 is 0 Å². The van der Waals surface area contributed by atoms with Gasteiger partial charge in [-0.05, 0) is 42.3 Å². The highest BCUT2D eigenvalue weighted by Crippen LogP contribution is 2.24. The fourth-order valence-corrected chi connectivity index (χ4v) is 2.16. The Morgan fingerprint density at radius 2 is 1.82 bits per heavy atom. The molecule has 0 saturated carbocycles. The van der Waals surface area contributed by atoms with E-state index in [-0.39, 0.29) is 11.2 Å². The number of nitrogens with one attached hydrogen (secondary N) is 1. The van der Waals surface area contributed by atoms with E-state index in [0.717, 1.165) is 22.5 Å². The van der Waals surface area contributed by atoms with E-state index in [4.69, 9.17) is 17.3 Å². The molecule has 7 heteroatoms. The minimum absolute atomic E-state index is 0.203. The smallest absolute Gasteiger partial charge is 0.224 e. The molecule has 6 nitrogen and oxygen atoms in total. The van der Waals surface area contributed by atoms with Crippen molar-refractivity contribution in [3.63, 3.8) is 0 Å². The molecule has 0 aliphatic heterocycles. The van der Waals surface area contributed by atoms with E-state index in [9.17, 15) is 0 Å². The molecule has 0 saturated heterocycles. The van der Waals surface area contributed by atoms with E-state index in [1.165, 1.54) is 0 Å². The van der Waals surface area contributed by atoms with Crippen LogP contribution in [0.25, 0.3) is 11.3 Å². The number of nitrogen functional groups attached to an aromatic ring is 1. The first-order valence-corrected chi connectivity index (χ1v) is 6.95. The first-order valence-electron chi connectivity index (χ1n) is 6.57. The van der Waals surface area contributed by atoms with Gasteiger partial charge in [0.25, 0.3) is 0 Å². The Kier molecular flexibility index (Phi) is 3.84. The first kappa shape index (κ1) is 14.2. The van der Waals surface area contributed by atoms with E-state index >= 15 is 0 Å². The lowest BCUT2D eigenvalue weighted by molar-refractivity contribution is 1.15. The molecule has 110 valence electrons. The molecule has 3 N–H and O–H groups in total. The summed E-state index contributed by atoms with van der Waals surface area (Å²) in [5.74, 6) is 0.897. The molecule has 2 heterocycles. The Balaban J connectivity index is 1.85. The standard InChI is InChI=1S/C15H13ClN6/c1-9-8-19-15(17)22-13(9)10-2-4-11(5-3-10)20-12-6-7-18-14(16)21-12/h2-8H,1H3,(H2,17,19,22)(H,18,20,21). The second-order valence-electron chi connectivity index (χ2n) is 4.67. The van der Waals surface area contributed by atoms with Crippen molar-refractivity contribution in [2.75, 3.05) is 11.1 Å². The predicted octanol–water partition coefficient (Wildman–Crippen LogP) is 3.22. The number of rotatable bonds is 3. The number of halogens is 1. The van der Waals surface area contributed by atoms with Crippen LogP contribution in [0, 0.1) is 6.92 Å². The van der Waals surface area contributed by atoms with Gasteiger partial charge in [-0.15, -0.1) is 0 Å². The Morgan fingerprint density at radius 1 is 1.05 bits per heavy atom. The van der Waals surface area contributed by atoms with E-state index in [2.05, 4.69) is 25.3 Å². The quantitative estimate of drug-likeness (QED) is 0.722. The van der Waals surface area contributed by atoms with Gasteiger partial charge in [-0.2, -0.15) is 0 Å². The maximum absolute atomic E-state index is 5.76. The van der Waals surface area contributed by atoms with Gasteiger partial charge in [0, 0.05) is 23.6 Å². The highest BCUT2D eigenvalue weighted by molar-refractivity contribution is 6.28. The lowest BCUT2D eigenvalue weighted by atomic mass is 10.1. The van der Waals surface area contributed by atoms with Crippen LogP contribution in [0.3, 0.4) is 0 Å². The molecule has 0 aliphatic carbocycles. The second-order valence-corrected chi connectivity index (χ2v) is 5.01. The average Bonchev–Trinajstić information content (AvgIpc) is 2.51. The zero-order valence-electron chi connectivity index (χ0n) is 11.8. The van der Waals surface area contributed by atoms with Gasteiger partial charge in [-0.3, -0.25) is 0 Å². The van der Waals surface area contributed by atoms with Gasteiger partial charge in [0.15, 0.2) is 0 Å². The van der Waals surface area contributed by atoms with Gasteiger partial charge in [0.1, 0.15) is 5.82 Å². The molecular formula is C15H13ClN6. The number of anilines is 3. The van der Waals surface area contributed by atoms with E-state index in [0.29, 0.717) is 5.82 Å². The van der Waals surface area contributed by atoms with Crippen LogP contribution in [-0.4, -0.2) is 19.9 Å².